The van der Waals surface area contributed by atoms with Crippen molar-refractivity contribution in [1.29, 1.82) is 0 Å². The minimum absolute atomic E-state index is 0.0461. The molecule has 0 spiro atoms. The molecule has 2 bridgehead atoms. The van der Waals surface area contributed by atoms with Crippen LogP contribution in [-0.4, -0.2) is 35.7 Å². The first kappa shape index (κ1) is 19.1. The van der Waals surface area contributed by atoms with Crippen LogP contribution >= 0.6 is 0 Å². The lowest BCUT2D eigenvalue weighted by molar-refractivity contribution is -0.128. The highest BCUT2D eigenvalue weighted by atomic mass is 16.5. The van der Waals surface area contributed by atoms with Gasteiger partial charge in [-0.05, 0) is 53.2 Å². The number of carbonyl (C=O) groups is 1. The van der Waals surface area contributed by atoms with E-state index in [9.17, 15) is 9.90 Å². The highest BCUT2D eigenvalue weighted by Gasteiger charge is 2.52. The number of rotatable bonds is 5. The van der Waals surface area contributed by atoms with Crippen LogP contribution in [0, 0.1) is 16.2 Å². The third kappa shape index (κ3) is 4.18. The van der Waals surface area contributed by atoms with Crippen LogP contribution in [0.1, 0.15) is 45.6 Å². The van der Waals surface area contributed by atoms with Crippen molar-refractivity contribution in [2.24, 2.45) is 16.2 Å². The number of hydrogen-bond donors (Lipinski definition) is 1. The van der Waals surface area contributed by atoms with Crippen LogP contribution in [0.2, 0.25) is 0 Å². The Bertz CT molecular complexity index is 663. The van der Waals surface area contributed by atoms with Crippen molar-refractivity contribution in [2.75, 3.05) is 19.7 Å². The molecule has 1 heterocycles. The Morgan fingerprint density at radius 2 is 1.73 bits per heavy atom. The van der Waals surface area contributed by atoms with E-state index >= 15 is 0 Å². The zero-order chi connectivity index (χ0) is 19.0. The first-order valence-corrected chi connectivity index (χ1v) is 9.43. The summed E-state index contributed by atoms with van der Waals surface area (Å²) in [6.07, 6.45) is 4.57. The van der Waals surface area contributed by atoms with Gasteiger partial charge < -0.3 is 9.84 Å². The summed E-state index contributed by atoms with van der Waals surface area (Å²) in [6, 6.07) is 7.73. The molecule has 1 aromatic rings. The van der Waals surface area contributed by atoms with Crippen LogP contribution < -0.4 is 4.74 Å². The Hall–Kier alpha value is -1.65. The van der Waals surface area contributed by atoms with E-state index in [0.29, 0.717) is 5.75 Å². The fourth-order valence-corrected chi connectivity index (χ4v) is 5.94. The number of ether oxygens (including phenoxy) is 1. The van der Waals surface area contributed by atoms with Gasteiger partial charge in [-0.2, -0.15) is 0 Å². The molecule has 1 saturated carbocycles. The van der Waals surface area contributed by atoms with Crippen LogP contribution in [0.25, 0.3) is 0 Å². The van der Waals surface area contributed by atoms with Crippen molar-refractivity contribution in [3.63, 3.8) is 0 Å². The molecule has 0 amide bonds. The van der Waals surface area contributed by atoms with Gasteiger partial charge in [-0.1, -0.05) is 39.5 Å². The Morgan fingerprint density at radius 1 is 1.15 bits per heavy atom. The summed E-state index contributed by atoms with van der Waals surface area (Å²) >= 11 is 0. The molecule has 142 valence electrons. The van der Waals surface area contributed by atoms with Crippen LogP contribution in [0.4, 0.5) is 0 Å². The second kappa shape index (κ2) is 6.82. The minimum atomic E-state index is -0.436. The summed E-state index contributed by atoms with van der Waals surface area (Å²) in [5.41, 5.74) is 1.77. The Labute approximate surface area is 156 Å². The number of piperidine rings is 1. The zero-order valence-electron chi connectivity index (χ0n) is 16.3. The lowest BCUT2D eigenvalue weighted by Gasteiger charge is -2.59. The van der Waals surface area contributed by atoms with Crippen LogP contribution in [0.5, 0.6) is 5.75 Å². The fourth-order valence-electron chi connectivity index (χ4n) is 5.94. The Morgan fingerprint density at radius 3 is 2.23 bits per heavy atom. The van der Waals surface area contributed by atoms with E-state index in [2.05, 4.69) is 32.3 Å². The summed E-state index contributed by atoms with van der Waals surface area (Å²) in [6.45, 7) is 13.7. The number of hydrogen-bond acceptors (Lipinski definition) is 4. The molecule has 2 aliphatic rings. The number of carbonyl (C=O) groups excluding carboxylic acids is 1. The predicted octanol–water partition coefficient (Wildman–Crippen LogP) is 3.79. The molecule has 1 aromatic carbocycles. The maximum Gasteiger partial charge on any atom is 0.335 e. The topological polar surface area (TPSA) is 49.8 Å². The van der Waals surface area contributed by atoms with E-state index in [0.717, 1.165) is 32.5 Å². The number of aliphatic hydroxyl groups excluding tert-OH is 1. The predicted molar refractivity (Wildman–Crippen MR) is 103 cm³/mol. The molecular weight excluding hydrogens is 326 g/mol. The largest absolute Gasteiger partial charge is 0.423 e. The molecule has 0 radical (unpaired) electrons. The van der Waals surface area contributed by atoms with Gasteiger partial charge in [-0.25, -0.2) is 4.79 Å². The van der Waals surface area contributed by atoms with Crippen LogP contribution in [0.3, 0.4) is 0 Å². The molecule has 4 nitrogen and oxygen atoms in total. The van der Waals surface area contributed by atoms with E-state index in [-0.39, 0.29) is 22.9 Å². The van der Waals surface area contributed by atoms with Gasteiger partial charge in [0, 0.05) is 32.3 Å². The SMILES string of the molecule is C=CC(=O)Oc1ccc(CN2C[C@@]3(C)CC(C)(CO)C[C@@](C)(C2)C3)cc1. The summed E-state index contributed by atoms with van der Waals surface area (Å²) in [4.78, 5) is 13.8. The molecule has 4 heteroatoms. The highest BCUT2D eigenvalue weighted by Crippen LogP contribution is 2.57. The molecule has 0 aromatic heterocycles. The molecular formula is C22H31NO3. The lowest BCUT2D eigenvalue weighted by Crippen LogP contribution is -2.57. The maximum atomic E-state index is 11.3. The van der Waals surface area contributed by atoms with Gasteiger partial charge in [0.25, 0.3) is 0 Å². The summed E-state index contributed by atoms with van der Waals surface area (Å²) < 4.78 is 5.14. The minimum Gasteiger partial charge on any atom is -0.423 e. The average molecular weight is 357 g/mol. The van der Waals surface area contributed by atoms with Gasteiger partial charge in [-0.3, -0.25) is 4.90 Å². The number of likely N-dealkylation sites (tertiary alicyclic amines) is 1. The molecule has 1 aliphatic carbocycles. The lowest BCUT2D eigenvalue weighted by atomic mass is 9.52. The summed E-state index contributed by atoms with van der Waals surface area (Å²) in [5.74, 6) is 0.112. The van der Waals surface area contributed by atoms with Gasteiger partial charge in [0.05, 0.1) is 0 Å². The molecule has 1 N–H and O–H groups in total. The highest BCUT2D eigenvalue weighted by molar-refractivity contribution is 5.83. The number of aliphatic hydroxyl groups is 1. The normalized spacial score (nSPS) is 34.3. The zero-order valence-corrected chi connectivity index (χ0v) is 16.3. The van der Waals surface area contributed by atoms with E-state index in [4.69, 9.17) is 4.74 Å². The van der Waals surface area contributed by atoms with Crippen molar-refractivity contribution < 1.29 is 14.6 Å². The third-order valence-corrected chi connectivity index (χ3v) is 5.87. The van der Waals surface area contributed by atoms with Gasteiger partial charge >= 0.3 is 5.97 Å². The summed E-state index contributed by atoms with van der Waals surface area (Å²) in [5, 5.41) is 9.89. The first-order chi connectivity index (χ1) is 12.2. The van der Waals surface area contributed by atoms with E-state index in [1.807, 2.05) is 24.3 Å². The Kier molecular flexibility index (Phi) is 5.02. The Balaban J connectivity index is 1.68. The van der Waals surface area contributed by atoms with Crippen molar-refractivity contribution in [3.8, 4) is 5.75 Å². The van der Waals surface area contributed by atoms with Crippen LogP contribution in [0.15, 0.2) is 36.9 Å². The first-order valence-electron chi connectivity index (χ1n) is 9.43. The summed E-state index contributed by atoms with van der Waals surface area (Å²) in [7, 11) is 0. The number of fused-ring (bicyclic) bond motifs is 2. The van der Waals surface area contributed by atoms with E-state index in [1.165, 1.54) is 18.1 Å². The van der Waals surface area contributed by atoms with Crippen molar-refractivity contribution in [2.45, 2.75) is 46.6 Å². The average Bonchev–Trinajstić information content (AvgIpc) is 2.53. The van der Waals surface area contributed by atoms with Crippen molar-refractivity contribution in [1.82, 2.24) is 4.90 Å². The standard InChI is InChI=1S/C22H31NO3/c1-5-19(25)26-18-8-6-17(7-9-18)10-23-14-20(2)11-21(3,15-23)13-22(4,12-20)16-24/h5-9,24H,1,10-16H2,2-4H3/t20-,21+,22?. The maximum absolute atomic E-state index is 11.3. The van der Waals surface area contributed by atoms with Crippen molar-refractivity contribution >= 4 is 5.97 Å². The van der Waals surface area contributed by atoms with Crippen molar-refractivity contribution in [3.05, 3.63) is 42.5 Å². The van der Waals surface area contributed by atoms with Gasteiger partial charge in [0.2, 0.25) is 0 Å². The molecule has 1 aliphatic heterocycles. The molecule has 3 atom stereocenters. The fraction of sp³-hybridized carbons (Fsp3) is 0.591. The molecule has 1 unspecified atom stereocenters. The van der Waals surface area contributed by atoms with Gasteiger partial charge in [0.1, 0.15) is 5.75 Å². The second-order valence-corrected chi connectivity index (χ2v) is 9.53. The number of nitrogens with zero attached hydrogens (tertiary/aromatic N) is 1. The molecule has 26 heavy (non-hydrogen) atoms. The monoisotopic (exact) mass is 357 g/mol. The smallest absolute Gasteiger partial charge is 0.335 e. The van der Waals surface area contributed by atoms with Gasteiger partial charge in [0.15, 0.2) is 0 Å². The van der Waals surface area contributed by atoms with Crippen LogP contribution in [-0.2, 0) is 11.3 Å². The molecule has 3 rings (SSSR count). The molecule has 1 saturated heterocycles. The van der Waals surface area contributed by atoms with Gasteiger partial charge in [-0.15, -0.1) is 0 Å². The number of benzene rings is 1. The number of esters is 1. The van der Waals surface area contributed by atoms with E-state index < -0.39 is 5.97 Å². The quantitative estimate of drug-likeness (QED) is 0.495. The third-order valence-electron chi connectivity index (χ3n) is 5.87. The molecule has 2 fully saturated rings. The van der Waals surface area contributed by atoms with E-state index in [1.54, 1.807) is 0 Å². The second-order valence-electron chi connectivity index (χ2n) is 9.53.